The van der Waals surface area contributed by atoms with E-state index in [-0.39, 0.29) is 24.2 Å². The molecule has 4 rings (SSSR count). The fourth-order valence-electron chi connectivity index (χ4n) is 2.48. The van der Waals surface area contributed by atoms with Crippen LogP contribution in [0.3, 0.4) is 0 Å². The summed E-state index contributed by atoms with van der Waals surface area (Å²) in [4.78, 5) is 4.25. The Labute approximate surface area is 172 Å². The Balaban J connectivity index is 1.60. The first-order valence-corrected chi connectivity index (χ1v) is 9.26. The van der Waals surface area contributed by atoms with Gasteiger partial charge in [-0.05, 0) is 46.6 Å². The molecule has 1 aromatic carbocycles. The summed E-state index contributed by atoms with van der Waals surface area (Å²) in [5.41, 5.74) is 1.31. The van der Waals surface area contributed by atoms with Crippen molar-refractivity contribution in [1.82, 2.24) is 25.0 Å². The second-order valence-corrected chi connectivity index (χ2v) is 6.99. The Morgan fingerprint density at radius 2 is 2.11 bits per heavy atom. The zero-order chi connectivity index (χ0) is 19.7. The van der Waals surface area contributed by atoms with Gasteiger partial charge in [-0.2, -0.15) is 5.10 Å². The van der Waals surface area contributed by atoms with Crippen LogP contribution in [0, 0.1) is 12.7 Å². The SMILES string of the molecule is Cc1ccc(F)cc1OCc1nnc(-c2cc(Br)nn2-c2ncccc2Cl)o1. The molecule has 28 heavy (non-hydrogen) atoms. The van der Waals surface area contributed by atoms with Gasteiger partial charge in [0, 0.05) is 18.3 Å². The number of benzene rings is 1. The third-order valence-corrected chi connectivity index (χ3v) is 4.49. The lowest BCUT2D eigenvalue weighted by molar-refractivity contribution is 0.261. The predicted octanol–water partition coefficient (Wildman–Crippen LogP) is 4.76. The molecule has 0 amide bonds. The minimum absolute atomic E-state index is 0.00303. The van der Waals surface area contributed by atoms with Gasteiger partial charge in [-0.15, -0.1) is 10.2 Å². The third kappa shape index (κ3) is 3.76. The van der Waals surface area contributed by atoms with Crippen molar-refractivity contribution >= 4 is 27.5 Å². The van der Waals surface area contributed by atoms with E-state index in [1.807, 2.05) is 6.92 Å². The molecule has 0 aliphatic heterocycles. The molecule has 0 spiro atoms. The third-order valence-electron chi connectivity index (χ3n) is 3.81. The number of halogens is 3. The summed E-state index contributed by atoms with van der Waals surface area (Å²) in [5.74, 6) is 0.904. The summed E-state index contributed by atoms with van der Waals surface area (Å²) >= 11 is 9.55. The quantitative estimate of drug-likeness (QED) is 0.424. The summed E-state index contributed by atoms with van der Waals surface area (Å²) in [7, 11) is 0. The minimum atomic E-state index is -0.382. The van der Waals surface area contributed by atoms with E-state index in [4.69, 9.17) is 20.8 Å². The van der Waals surface area contributed by atoms with Crippen molar-refractivity contribution in [3.8, 4) is 23.2 Å². The molecular weight excluding hydrogens is 453 g/mol. The summed E-state index contributed by atoms with van der Waals surface area (Å²) in [6.07, 6.45) is 1.61. The molecule has 0 bridgehead atoms. The van der Waals surface area contributed by atoms with E-state index in [1.165, 1.54) is 16.8 Å². The number of hydrogen-bond donors (Lipinski definition) is 0. The number of pyridine rings is 1. The van der Waals surface area contributed by atoms with Crippen LogP contribution in [-0.4, -0.2) is 25.0 Å². The molecule has 10 heteroatoms. The molecule has 0 unspecified atom stereocenters. The van der Waals surface area contributed by atoms with E-state index >= 15 is 0 Å². The zero-order valence-corrected chi connectivity index (χ0v) is 16.8. The smallest absolute Gasteiger partial charge is 0.266 e. The highest BCUT2D eigenvalue weighted by molar-refractivity contribution is 9.10. The normalized spacial score (nSPS) is 11.0. The van der Waals surface area contributed by atoms with E-state index in [0.717, 1.165) is 5.56 Å². The van der Waals surface area contributed by atoms with Gasteiger partial charge < -0.3 is 9.15 Å². The number of aryl methyl sites for hydroxylation is 1. The maximum atomic E-state index is 13.4. The second-order valence-electron chi connectivity index (χ2n) is 5.77. The molecule has 0 N–H and O–H groups in total. The van der Waals surface area contributed by atoms with Gasteiger partial charge in [-0.1, -0.05) is 17.7 Å². The molecular formula is C18H12BrClFN5O2. The van der Waals surface area contributed by atoms with Crippen molar-refractivity contribution in [3.63, 3.8) is 0 Å². The molecule has 3 aromatic heterocycles. The molecule has 0 atom stereocenters. The Bertz CT molecular complexity index is 1150. The standard InChI is InChI=1S/C18H12BrClFN5O2/c1-10-4-5-11(21)7-14(10)27-9-16-23-24-18(28-16)13-8-15(19)25-26(13)17-12(20)3-2-6-22-17/h2-8H,9H2,1H3. The molecule has 0 radical (unpaired) electrons. The van der Waals surface area contributed by atoms with Gasteiger partial charge >= 0.3 is 0 Å². The lowest BCUT2D eigenvalue weighted by atomic mass is 10.2. The molecule has 3 heterocycles. The van der Waals surface area contributed by atoms with Crippen molar-refractivity contribution in [2.75, 3.05) is 0 Å². The molecule has 7 nitrogen and oxygen atoms in total. The first kappa shape index (κ1) is 18.6. The van der Waals surface area contributed by atoms with Gasteiger partial charge in [0.25, 0.3) is 11.8 Å². The van der Waals surface area contributed by atoms with Crippen LogP contribution in [0.5, 0.6) is 5.75 Å². The number of hydrogen-bond acceptors (Lipinski definition) is 6. The number of aromatic nitrogens is 5. The highest BCUT2D eigenvalue weighted by atomic mass is 79.9. The molecule has 142 valence electrons. The minimum Gasteiger partial charge on any atom is -0.483 e. The summed E-state index contributed by atoms with van der Waals surface area (Å²) in [6, 6.07) is 9.45. The van der Waals surface area contributed by atoms with Gasteiger partial charge in [-0.3, -0.25) is 0 Å². The van der Waals surface area contributed by atoms with Gasteiger partial charge in [0.1, 0.15) is 21.9 Å². The largest absolute Gasteiger partial charge is 0.483 e. The van der Waals surface area contributed by atoms with E-state index in [1.54, 1.807) is 30.5 Å². The van der Waals surface area contributed by atoms with Crippen molar-refractivity contribution in [1.29, 1.82) is 0 Å². The molecule has 0 aliphatic rings. The van der Waals surface area contributed by atoms with Crippen molar-refractivity contribution in [3.05, 3.63) is 69.5 Å². The van der Waals surface area contributed by atoms with E-state index in [9.17, 15) is 4.39 Å². The van der Waals surface area contributed by atoms with Gasteiger partial charge in [-0.25, -0.2) is 14.1 Å². The monoisotopic (exact) mass is 463 g/mol. The van der Waals surface area contributed by atoms with E-state index in [0.29, 0.717) is 26.9 Å². The molecule has 0 fully saturated rings. The highest BCUT2D eigenvalue weighted by Crippen LogP contribution is 2.28. The van der Waals surface area contributed by atoms with Gasteiger partial charge in [0.2, 0.25) is 0 Å². The van der Waals surface area contributed by atoms with E-state index < -0.39 is 0 Å². The fourth-order valence-corrected chi connectivity index (χ4v) is 3.06. The van der Waals surface area contributed by atoms with Crippen LogP contribution in [0.4, 0.5) is 4.39 Å². The molecule has 0 aliphatic carbocycles. The van der Waals surface area contributed by atoms with Gasteiger partial charge in [0.15, 0.2) is 12.4 Å². The summed E-state index contributed by atoms with van der Waals surface area (Å²) < 4.78 is 26.7. The van der Waals surface area contributed by atoms with Crippen LogP contribution in [0.1, 0.15) is 11.5 Å². The second kappa shape index (κ2) is 7.69. The van der Waals surface area contributed by atoms with Crippen molar-refractivity contribution in [2.24, 2.45) is 0 Å². The first-order valence-electron chi connectivity index (χ1n) is 8.09. The van der Waals surface area contributed by atoms with Crippen LogP contribution in [0.25, 0.3) is 17.4 Å². The average molecular weight is 465 g/mol. The van der Waals surface area contributed by atoms with Crippen LogP contribution in [0.15, 0.2) is 51.6 Å². The molecule has 0 saturated carbocycles. The highest BCUT2D eigenvalue weighted by Gasteiger charge is 2.19. The fraction of sp³-hybridized carbons (Fsp3) is 0.111. The van der Waals surface area contributed by atoms with Crippen molar-refractivity contribution in [2.45, 2.75) is 13.5 Å². The number of nitrogens with zero attached hydrogens (tertiary/aromatic N) is 5. The molecule has 4 aromatic rings. The lowest BCUT2D eigenvalue weighted by Gasteiger charge is -2.06. The van der Waals surface area contributed by atoms with Crippen LogP contribution in [-0.2, 0) is 6.61 Å². The maximum absolute atomic E-state index is 13.4. The number of ether oxygens (including phenoxy) is 1. The first-order chi connectivity index (χ1) is 13.5. The topological polar surface area (TPSA) is 78.9 Å². The van der Waals surface area contributed by atoms with Crippen LogP contribution < -0.4 is 4.74 Å². The van der Waals surface area contributed by atoms with Gasteiger partial charge in [0.05, 0.1) is 5.02 Å². The zero-order valence-electron chi connectivity index (χ0n) is 14.4. The van der Waals surface area contributed by atoms with Crippen LogP contribution in [0.2, 0.25) is 5.02 Å². The average Bonchev–Trinajstić information content (AvgIpc) is 3.29. The Morgan fingerprint density at radius 3 is 2.93 bits per heavy atom. The van der Waals surface area contributed by atoms with Crippen molar-refractivity contribution < 1.29 is 13.5 Å². The lowest BCUT2D eigenvalue weighted by Crippen LogP contribution is -2.02. The Kier molecular flexibility index (Phi) is 5.10. The maximum Gasteiger partial charge on any atom is 0.266 e. The number of rotatable bonds is 5. The predicted molar refractivity (Wildman–Crippen MR) is 103 cm³/mol. The summed E-state index contributed by atoms with van der Waals surface area (Å²) in [6.45, 7) is 1.82. The van der Waals surface area contributed by atoms with E-state index in [2.05, 4.69) is 36.2 Å². The van der Waals surface area contributed by atoms with Crippen LogP contribution >= 0.6 is 27.5 Å². The summed E-state index contributed by atoms with van der Waals surface area (Å²) in [5, 5.41) is 12.8. The molecule has 0 saturated heterocycles. The Hall–Kier alpha value is -2.78. The Morgan fingerprint density at radius 1 is 1.25 bits per heavy atom.